The maximum absolute atomic E-state index is 5.92. The van der Waals surface area contributed by atoms with Crippen molar-refractivity contribution in [2.45, 2.75) is 39.4 Å². The second-order valence-electron chi connectivity index (χ2n) is 4.79. The van der Waals surface area contributed by atoms with Crippen molar-refractivity contribution in [3.8, 4) is 0 Å². The molecule has 1 heterocycles. The molecule has 88 valence electrons. The highest BCUT2D eigenvalue weighted by molar-refractivity contribution is 5.33. The lowest BCUT2D eigenvalue weighted by molar-refractivity contribution is -0.0263. The summed E-state index contributed by atoms with van der Waals surface area (Å²) in [6, 6.07) is 6.52. The first-order valence-corrected chi connectivity index (χ1v) is 6.08. The van der Waals surface area contributed by atoms with Crippen LogP contribution in [-0.4, -0.2) is 25.3 Å². The molecule has 1 aliphatic heterocycles. The summed E-state index contributed by atoms with van der Waals surface area (Å²) in [5.41, 5.74) is 4.19. The molecule has 0 aliphatic carbocycles. The van der Waals surface area contributed by atoms with E-state index in [1.807, 2.05) is 0 Å². The zero-order valence-electron chi connectivity index (χ0n) is 10.4. The standard InChI is InChI=1S/C14H21NO/c1-10-5-4-6-13(12(10)3)7-14-9-15-8-11(2)16-14/h4-6,11,14-15H,7-9H2,1-3H3. The first kappa shape index (κ1) is 11.6. The summed E-state index contributed by atoms with van der Waals surface area (Å²) >= 11 is 0. The second-order valence-corrected chi connectivity index (χ2v) is 4.79. The van der Waals surface area contributed by atoms with Crippen LogP contribution in [0.4, 0.5) is 0 Å². The first-order valence-electron chi connectivity index (χ1n) is 6.08. The van der Waals surface area contributed by atoms with Crippen molar-refractivity contribution < 1.29 is 4.74 Å². The van der Waals surface area contributed by atoms with Crippen molar-refractivity contribution in [2.75, 3.05) is 13.1 Å². The van der Waals surface area contributed by atoms with E-state index in [2.05, 4.69) is 44.3 Å². The van der Waals surface area contributed by atoms with Gasteiger partial charge in [0, 0.05) is 19.5 Å². The predicted octanol–water partition coefficient (Wildman–Crippen LogP) is 2.22. The van der Waals surface area contributed by atoms with Gasteiger partial charge >= 0.3 is 0 Å². The number of ether oxygens (including phenoxy) is 1. The summed E-state index contributed by atoms with van der Waals surface area (Å²) in [6.07, 6.45) is 1.68. The van der Waals surface area contributed by atoms with E-state index in [9.17, 15) is 0 Å². The Morgan fingerprint density at radius 1 is 1.31 bits per heavy atom. The summed E-state index contributed by atoms with van der Waals surface area (Å²) in [5, 5.41) is 3.41. The molecule has 0 radical (unpaired) electrons. The minimum atomic E-state index is 0.323. The van der Waals surface area contributed by atoms with Gasteiger partial charge in [-0.3, -0.25) is 0 Å². The zero-order valence-corrected chi connectivity index (χ0v) is 10.4. The van der Waals surface area contributed by atoms with Crippen LogP contribution >= 0.6 is 0 Å². The molecule has 16 heavy (non-hydrogen) atoms. The van der Waals surface area contributed by atoms with E-state index < -0.39 is 0 Å². The summed E-state index contributed by atoms with van der Waals surface area (Å²) in [6.45, 7) is 8.44. The van der Waals surface area contributed by atoms with E-state index in [-0.39, 0.29) is 0 Å². The van der Waals surface area contributed by atoms with Crippen LogP contribution in [0.15, 0.2) is 18.2 Å². The minimum absolute atomic E-state index is 0.323. The fourth-order valence-corrected chi connectivity index (χ4v) is 2.27. The van der Waals surface area contributed by atoms with Gasteiger partial charge in [0.15, 0.2) is 0 Å². The summed E-state index contributed by atoms with van der Waals surface area (Å²) in [7, 11) is 0. The van der Waals surface area contributed by atoms with Gasteiger partial charge in [0.2, 0.25) is 0 Å². The maximum atomic E-state index is 5.92. The third-order valence-corrected chi connectivity index (χ3v) is 3.39. The molecular weight excluding hydrogens is 198 g/mol. The largest absolute Gasteiger partial charge is 0.372 e. The Morgan fingerprint density at radius 2 is 2.12 bits per heavy atom. The highest BCUT2D eigenvalue weighted by Gasteiger charge is 2.19. The quantitative estimate of drug-likeness (QED) is 0.823. The molecule has 1 aliphatic rings. The number of morpholine rings is 1. The molecule has 0 spiro atoms. The van der Waals surface area contributed by atoms with Gasteiger partial charge in [-0.1, -0.05) is 18.2 Å². The predicted molar refractivity (Wildman–Crippen MR) is 66.8 cm³/mol. The third-order valence-electron chi connectivity index (χ3n) is 3.39. The van der Waals surface area contributed by atoms with Gasteiger partial charge in [0.25, 0.3) is 0 Å². The van der Waals surface area contributed by atoms with Crippen LogP contribution in [-0.2, 0) is 11.2 Å². The molecule has 0 bridgehead atoms. The number of benzene rings is 1. The monoisotopic (exact) mass is 219 g/mol. The molecule has 2 heteroatoms. The van der Waals surface area contributed by atoms with Crippen molar-refractivity contribution in [3.05, 3.63) is 34.9 Å². The molecule has 1 N–H and O–H groups in total. The van der Waals surface area contributed by atoms with Crippen LogP contribution in [0, 0.1) is 13.8 Å². The number of aryl methyl sites for hydroxylation is 1. The van der Waals surface area contributed by atoms with Gasteiger partial charge in [-0.2, -0.15) is 0 Å². The van der Waals surface area contributed by atoms with E-state index >= 15 is 0 Å². The van der Waals surface area contributed by atoms with Crippen molar-refractivity contribution in [1.82, 2.24) is 5.32 Å². The number of hydrogen-bond donors (Lipinski definition) is 1. The van der Waals surface area contributed by atoms with Crippen molar-refractivity contribution in [3.63, 3.8) is 0 Å². The Hall–Kier alpha value is -0.860. The van der Waals surface area contributed by atoms with Gasteiger partial charge in [-0.05, 0) is 37.5 Å². The van der Waals surface area contributed by atoms with Gasteiger partial charge < -0.3 is 10.1 Å². The Balaban J connectivity index is 2.05. The molecule has 2 rings (SSSR count). The molecule has 0 amide bonds. The van der Waals surface area contributed by atoms with Gasteiger partial charge in [-0.15, -0.1) is 0 Å². The normalized spacial score (nSPS) is 25.7. The molecule has 2 unspecified atom stereocenters. The molecule has 0 aromatic heterocycles. The van der Waals surface area contributed by atoms with Crippen LogP contribution in [0.25, 0.3) is 0 Å². The Labute approximate surface area is 98.0 Å². The fourth-order valence-electron chi connectivity index (χ4n) is 2.27. The summed E-state index contributed by atoms with van der Waals surface area (Å²) in [5.74, 6) is 0. The summed E-state index contributed by atoms with van der Waals surface area (Å²) < 4.78 is 5.92. The Bertz CT molecular complexity index is 362. The second kappa shape index (κ2) is 4.98. The maximum Gasteiger partial charge on any atom is 0.0744 e. The molecule has 1 aromatic rings. The lowest BCUT2D eigenvalue weighted by atomic mass is 9.98. The van der Waals surface area contributed by atoms with Crippen LogP contribution < -0.4 is 5.32 Å². The van der Waals surface area contributed by atoms with Crippen molar-refractivity contribution in [2.24, 2.45) is 0 Å². The first-order chi connectivity index (χ1) is 7.66. The van der Waals surface area contributed by atoms with E-state index in [1.54, 1.807) is 0 Å². The Kier molecular flexibility index (Phi) is 3.62. The summed E-state index contributed by atoms with van der Waals surface area (Å²) in [4.78, 5) is 0. The highest BCUT2D eigenvalue weighted by atomic mass is 16.5. The fraction of sp³-hybridized carbons (Fsp3) is 0.571. The van der Waals surface area contributed by atoms with E-state index in [0.717, 1.165) is 19.5 Å². The highest BCUT2D eigenvalue weighted by Crippen LogP contribution is 2.17. The third kappa shape index (κ3) is 2.63. The SMILES string of the molecule is Cc1cccc(CC2CNCC(C)O2)c1C. The molecular formula is C14H21NO. The van der Waals surface area contributed by atoms with Gasteiger partial charge in [0.1, 0.15) is 0 Å². The van der Waals surface area contributed by atoms with Crippen molar-refractivity contribution in [1.29, 1.82) is 0 Å². The molecule has 2 nitrogen and oxygen atoms in total. The molecule has 1 aromatic carbocycles. The zero-order chi connectivity index (χ0) is 11.5. The lowest BCUT2D eigenvalue weighted by Gasteiger charge is -2.29. The topological polar surface area (TPSA) is 21.3 Å². The Morgan fingerprint density at radius 3 is 2.88 bits per heavy atom. The van der Waals surface area contributed by atoms with Gasteiger partial charge in [0.05, 0.1) is 12.2 Å². The van der Waals surface area contributed by atoms with E-state index in [4.69, 9.17) is 4.74 Å². The number of rotatable bonds is 2. The molecule has 0 saturated carbocycles. The minimum Gasteiger partial charge on any atom is -0.372 e. The number of nitrogens with one attached hydrogen (secondary N) is 1. The average molecular weight is 219 g/mol. The lowest BCUT2D eigenvalue weighted by Crippen LogP contribution is -2.44. The van der Waals surface area contributed by atoms with Crippen LogP contribution in [0.1, 0.15) is 23.6 Å². The van der Waals surface area contributed by atoms with Gasteiger partial charge in [-0.25, -0.2) is 0 Å². The molecule has 1 saturated heterocycles. The van der Waals surface area contributed by atoms with Crippen molar-refractivity contribution >= 4 is 0 Å². The van der Waals surface area contributed by atoms with Crippen LogP contribution in [0.2, 0.25) is 0 Å². The van der Waals surface area contributed by atoms with E-state index in [1.165, 1.54) is 16.7 Å². The number of hydrogen-bond acceptors (Lipinski definition) is 2. The van der Waals surface area contributed by atoms with Crippen LogP contribution in [0.3, 0.4) is 0 Å². The molecule has 2 atom stereocenters. The average Bonchev–Trinajstić information content (AvgIpc) is 2.25. The smallest absolute Gasteiger partial charge is 0.0744 e. The van der Waals surface area contributed by atoms with E-state index in [0.29, 0.717) is 12.2 Å². The molecule has 1 fully saturated rings. The van der Waals surface area contributed by atoms with Crippen LogP contribution in [0.5, 0.6) is 0 Å².